The lowest BCUT2D eigenvalue weighted by atomic mass is 10.3. The zero-order valence-corrected chi connectivity index (χ0v) is 8.81. The molecule has 1 aromatic heterocycles. The van der Waals surface area contributed by atoms with Crippen molar-refractivity contribution in [3.05, 3.63) is 24.3 Å². The molecule has 0 unspecified atom stereocenters. The number of nitrogens with zero attached hydrogens (tertiary/aromatic N) is 2. The van der Waals surface area contributed by atoms with E-state index in [9.17, 15) is 0 Å². The lowest BCUT2D eigenvalue weighted by Crippen LogP contribution is -2.08. The highest BCUT2D eigenvalue weighted by molar-refractivity contribution is 5.78. The van der Waals surface area contributed by atoms with Gasteiger partial charge < -0.3 is 15.0 Å². The molecular weight excluding hydrogens is 190 g/mol. The van der Waals surface area contributed by atoms with Gasteiger partial charge in [-0.1, -0.05) is 12.1 Å². The molecule has 0 aliphatic rings. The molecule has 80 valence electrons. The maximum Gasteiger partial charge on any atom is 0.201 e. The number of nitrogens with two attached hydrogens (primary N) is 1. The molecule has 0 saturated heterocycles. The Morgan fingerprint density at radius 3 is 3.00 bits per heavy atom. The molecule has 1 heterocycles. The predicted molar refractivity (Wildman–Crippen MR) is 60.6 cm³/mol. The molecule has 15 heavy (non-hydrogen) atoms. The summed E-state index contributed by atoms with van der Waals surface area (Å²) in [6, 6.07) is 7.93. The van der Waals surface area contributed by atoms with E-state index in [4.69, 9.17) is 10.5 Å². The lowest BCUT2D eigenvalue weighted by Gasteiger charge is -2.05. The Morgan fingerprint density at radius 2 is 2.20 bits per heavy atom. The lowest BCUT2D eigenvalue weighted by molar-refractivity contribution is 0.140. The summed E-state index contributed by atoms with van der Waals surface area (Å²) in [6.07, 6.45) is 0. The minimum atomic E-state index is 0.552. The van der Waals surface area contributed by atoms with Gasteiger partial charge in [0.15, 0.2) is 0 Å². The van der Waals surface area contributed by atoms with Crippen LogP contribution in [-0.2, 0) is 11.3 Å². The fourth-order valence-electron chi connectivity index (χ4n) is 1.63. The van der Waals surface area contributed by atoms with Gasteiger partial charge in [-0.15, -0.1) is 0 Å². The van der Waals surface area contributed by atoms with Crippen molar-refractivity contribution < 1.29 is 4.74 Å². The number of aromatic nitrogens is 2. The first-order chi connectivity index (χ1) is 7.33. The summed E-state index contributed by atoms with van der Waals surface area (Å²) in [7, 11) is 0. The van der Waals surface area contributed by atoms with Crippen LogP contribution >= 0.6 is 0 Å². The van der Waals surface area contributed by atoms with Crippen LogP contribution in [0.1, 0.15) is 6.92 Å². The number of anilines is 1. The average molecular weight is 205 g/mol. The first-order valence-corrected chi connectivity index (χ1v) is 5.11. The first-order valence-electron chi connectivity index (χ1n) is 5.11. The number of para-hydroxylation sites is 2. The van der Waals surface area contributed by atoms with E-state index in [-0.39, 0.29) is 0 Å². The summed E-state index contributed by atoms with van der Waals surface area (Å²) < 4.78 is 7.28. The number of imidazole rings is 1. The molecule has 1 aromatic carbocycles. The highest BCUT2D eigenvalue weighted by atomic mass is 16.5. The van der Waals surface area contributed by atoms with E-state index in [1.54, 1.807) is 0 Å². The maximum absolute atomic E-state index is 5.83. The van der Waals surface area contributed by atoms with Crippen molar-refractivity contribution in [2.45, 2.75) is 13.5 Å². The van der Waals surface area contributed by atoms with E-state index in [2.05, 4.69) is 4.98 Å². The van der Waals surface area contributed by atoms with Crippen LogP contribution in [0.25, 0.3) is 11.0 Å². The van der Waals surface area contributed by atoms with E-state index in [1.807, 2.05) is 35.8 Å². The second-order valence-corrected chi connectivity index (χ2v) is 3.31. The van der Waals surface area contributed by atoms with Crippen molar-refractivity contribution in [2.24, 2.45) is 0 Å². The van der Waals surface area contributed by atoms with E-state index >= 15 is 0 Å². The number of hydrogen-bond acceptors (Lipinski definition) is 3. The Bertz CT molecular complexity index is 450. The molecule has 0 saturated carbocycles. The van der Waals surface area contributed by atoms with Gasteiger partial charge in [0.2, 0.25) is 5.95 Å². The molecule has 0 spiro atoms. The summed E-state index contributed by atoms with van der Waals surface area (Å²) in [5.41, 5.74) is 7.83. The SMILES string of the molecule is CCOCCn1c(N)nc2ccccc21. The van der Waals surface area contributed by atoms with Gasteiger partial charge in [-0.3, -0.25) is 0 Å². The van der Waals surface area contributed by atoms with E-state index in [1.165, 1.54) is 0 Å². The molecule has 0 aliphatic heterocycles. The predicted octanol–water partition coefficient (Wildman–Crippen LogP) is 1.65. The summed E-state index contributed by atoms with van der Waals surface area (Å²) in [4.78, 5) is 4.28. The molecule has 0 fully saturated rings. The standard InChI is InChI=1S/C11H15N3O/c1-2-15-8-7-14-10-6-4-3-5-9(10)13-11(14)12/h3-6H,2,7-8H2,1H3,(H2,12,13). The van der Waals surface area contributed by atoms with Crippen molar-refractivity contribution in [3.63, 3.8) is 0 Å². The summed E-state index contributed by atoms with van der Waals surface area (Å²) in [6.45, 7) is 4.13. The topological polar surface area (TPSA) is 53.1 Å². The van der Waals surface area contributed by atoms with Crippen LogP contribution in [-0.4, -0.2) is 22.8 Å². The number of hydrogen-bond donors (Lipinski definition) is 1. The van der Waals surface area contributed by atoms with Crippen LogP contribution < -0.4 is 5.73 Å². The highest BCUT2D eigenvalue weighted by Crippen LogP contribution is 2.16. The Hall–Kier alpha value is -1.55. The van der Waals surface area contributed by atoms with Crippen LogP contribution in [0, 0.1) is 0 Å². The second kappa shape index (κ2) is 4.31. The van der Waals surface area contributed by atoms with Gasteiger partial charge >= 0.3 is 0 Å². The Morgan fingerprint density at radius 1 is 1.40 bits per heavy atom. The Kier molecular flexibility index (Phi) is 2.87. The van der Waals surface area contributed by atoms with Crippen molar-refractivity contribution in [2.75, 3.05) is 18.9 Å². The molecule has 2 N–H and O–H groups in total. The van der Waals surface area contributed by atoms with Gasteiger partial charge in [0.25, 0.3) is 0 Å². The minimum absolute atomic E-state index is 0.552. The molecule has 4 nitrogen and oxygen atoms in total. The van der Waals surface area contributed by atoms with Crippen molar-refractivity contribution in [1.82, 2.24) is 9.55 Å². The fraction of sp³-hybridized carbons (Fsp3) is 0.364. The fourth-order valence-corrected chi connectivity index (χ4v) is 1.63. The zero-order chi connectivity index (χ0) is 10.7. The van der Waals surface area contributed by atoms with Crippen molar-refractivity contribution >= 4 is 17.0 Å². The number of fused-ring (bicyclic) bond motifs is 1. The van der Waals surface area contributed by atoms with Crippen LogP contribution in [0.5, 0.6) is 0 Å². The van der Waals surface area contributed by atoms with E-state index in [0.29, 0.717) is 12.6 Å². The molecule has 0 radical (unpaired) electrons. The van der Waals surface area contributed by atoms with Crippen molar-refractivity contribution in [3.8, 4) is 0 Å². The molecule has 2 rings (SSSR count). The molecule has 2 aromatic rings. The molecule has 4 heteroatoms. The van der Waals surface area contributed by atoms with Gasteiger partial charge in [-0.25, -0.2) is 4.98 Å². The molecule has 0 amide bonds. The zero-order valence-electron chi connectivity index (χ0n) is 8.81. The third-order valence-electron chi connectivity index (χ3n) is 2.35. The Labute approximate surface area is 88.7 Å². The number of rotatable bonds is 4. The number of nitrogen functional groups attached to an aromatic ring is 1. The third kappa shape index (κ3) is 1.94. The van der Waals surface area contributed by atoms with Crippen LogP contribution in [0.2, 0.25) is 0 Å². The molecule has 0 bridgehead atoms. The summed E-state index contributed by atoms with van der Waals surface area (Å²) in [5, 5.41) is 0. The highest BCUT2D eigenvalue weighted by Gasteiger charge is 2.06. The van der Waals surface area contributed by atoms with Crippen LogP contribution in [0.15, 0.2) is 24.3 Å². The van der Waals surface area contributed by atoms with Gasteiger partial charge in [-0.05, 0) is 19.1 Å². The monoisotopic (exact) mass is 205 g/mol. The van der Waals surface area contributed by atoms with Gasteiger partial charge in [-0.2, -0.15) is 0 Å². The first kappa shape index (κ1) is 9.98. The summed E-state index contributed by atoms with van der Waals surface area (Å²) >= 11 is 0. The number of benzene rings is 1. The molecular formula is C11H15N3O. The van der Waals surface area contributed by atoms with E-state index in [0.717, 1.165) is 24.2 Å². The number of ether oxygens (including phenoxy) is 1. The maximum atomic E-state index is 5.83. The normalized spacial score (nSPS) is 11.0. The second-order valence-electron chi connectivity index (χ2n) is 3.31. The Balaban J connectivity index is 2.28. The minimum Gasteiger partial charge on any atom is -0.380 e. The van der Waals surface area contributed by atoms with Gasteiger partial charge in [0, 0.05) is 13.2 Å². The van der Waals surface area contributed by atoms with Crippen molar-refractivity contribution in [1.29, 1.82) is 0 Å². The van der Waals surface area contributed by atoms with Crippen LogP contribution in [0.3, 0.4) is 0 Å². The largest absolute Gasteiger partial charge is 0.380 e. The average Bonchev–Trinajstić information content (AvgIpc) is 2.56. The van der Waals surface area contributed by atoms with Gasteiger partial charge in [0.05, 0.1) is 17.6 Å². The quantitative estimate of drug-likeness (QED) is 0.772. The van der Waals surface area contributed by atoms with Gasteiger partial charge in [0.1, 0.15) is 0 Å². The smallest absolute Gasteiger partial charge is 0.201 e. The molecule has 0 atom stereocenters. The molecule has 0 aliphatic carbocycles. The summed E-state index contributed by atoms with van der Waals surface area (Å²) in [5.74, 6) is 0.552. The van der Waals surface area contributed by atoms with Crippen LogP contribution in [0.4, 0.5) is 5.95 Å². The van der Waals surface area contributed by atoms with E-state index < -0.39 is 0 Å². The third-order valence-corrected chi connectivity index (χ3v) is 2.35.